The molecule has 1 N–H and O–H groups in total. The molecule has 0 aromatic carbocycles. The molecule has 2 aromatic heterocycles. The third-order valence-electron chi connectivity index (χ3n) is 4.70. The zero-order valence-corrected chi connectivity index (χ0v) is 15.6. The van der Waals surface area contributed by atoms with Crippen LogP contribution in [0.25, 0.3) is 0 Å². The Hall–Kier alpha value is -2.15. The van der Waals surface area contributed by atoms with Gasteiger partial charge in [-0.1, -0.05) is 13.3 Å². The van der Waals surface area contributed by atoms with Crippen LogP contribution in [0.1, 0.15) is 58.0 Å². The van der Waals surface area contributed by atoms with E-state index in [2.05, 4.69) is 17.3 Å². The number of carbonyl (C=O) groups excluding carboxylic acids is 2. The van der Waals surface area contributed by atoms with E-state index in [4.69, 9.17) is 4.74 Å². The van der Waals surface area contributed by atoms with Crippen molar-refractivity contribution in [2.24, 2.45) is 13.0 Å². The number of ether oxygens (including phenoxy) is 1. The fourth-order valence-corrected chi connectivity index (χ4v) is 4.62. The largest absolute Gasteiger partial charge is 0.462 e. The number of nitrogens with zero attached hydrogens (tertiary/aromatic N) is 2. The van der Waals surface area contributed by atoms with E-state index in [1.165, 1.54) is 20.9 Å². The average molecular weight is 361 g/mol. The summed E-state index contributed by atoms with van der Waals surface area (Å²) >= 11 is 1.50. The summed E-state index contributed by atoms with van der Waals surface area (Å²) in [7, 11) is 1.71. The van der Waals surface area contributed by atoms with Gasteiger partial charge in [0, 0.05) is 18.1 Å². The number of hydrogen-bond acceptors (Lipinski definition) is 5. The molecule has 1 aliphatic rings. The van der Waals surface area contributed by atoms with E-state index >= 15 is 0 Å². The minimum absolute atomic E-state index is 0.267. The molecule has 1 aliphatic carbocycles. The van der Waals surface area contributed by atoms with Crippen molar-refractivity contribution < 1.29 is 14.3 Å². The number of anilines is 1. The van der Waals surface area contributed by atoms with E-state index in [0.29, 0.717) is 28.8 Å². The standard InChI is InChI=1S/C18H23N3O3S/c1-4-11-6-7-12-14(10-11)25-17(15(12)18(23)24-5-2)20-16(22)13-8-9-19-21(13)3/h8-9,11H,4-7,10H2,1-3H3,(H,20,22). The second-order valence-electron chi connectivity index (χ2n) is 6.24. The van der Waals surface area contributed by atoms with Gasteiger partial charge in [0.25, 0.3) is 5.91 Å². The number of fused-ring (bicyclic) bond motifs is 1. The van der Waals surface area contributed by atoms with Crippen molar-refractivity contribution in [3.63, 3.8) is 0 Å². The lowest BCUT2D eigenvalue weighted by atomic mass is 9.85. The molecule has 2 aromatic rings. The first-order chi connectivity index (χ1) is 12.0. The van der Waals surface area contributed by atoms with E-state index in [-0.39, 0.29) is 11.9 Å². The Kier molecular flexibility index (Phi) is 5.22. The van der Waals surface area contributed by atoms with Gasteiger partial charge in [-0.15, -0.1) is 11.3 Å². The normalized spacial score (nSPS) is 16.4. The molecule has 25 heavy (non-hydrogen) atoms. The highest BCUT2D eigenvalue weighted by Gasteiger charge is 2.30. The number of carbonyl (C=O) groups is 2. The Morgan fingerprint density at radius 3 is 2.88 bits per heavy atom. The minimum Gasteiger partial charge on any atom is -0.462 e. The maximum absolute atomic E-state index is 12.5. The molecule has 3 rings (SSSR count). The number of aromatic nitrogens is 2. The number of thiophene rings is 1. The maximum Gasteiger partial charge on any atom is 0.341 e. The summed E-state index contributed by atoms with van der Waals surface area (Å²) in [6.07, 6.45) is 5.60. The monoisotopic (exact) mass is 361 g/mol. The van der Waals surface area contributed by atoms with Gasteiger partial charge in [0.2, 0.25) is 0 Å². The number of esters is 1. The minimum atomic E-state index is -0.352. The van der Waals surface area contributed by atoms with Gasteiger partial charge in [-0.25, -0.2) is 4.79 Å². The predicted molar refractivity (Wildman–Crippen MR) is 97.2 cm³/mol. The second-order valence-corrected chi connectivity index (χ2v) is 7.34. The highest BCUT2D eigenvalue weighted by atomic mass is 32.1. The number of hydrogen-bond donors (Lipinski definition) is 1. The molecular weight excluding hydrogens is 338 g/mol. The molecule has 1 unspecified atom stereocenters. The molecule has 1 atom stereocenters. The number of rotatable bonds is 5. The summed E-state index contributed by atoms with van der Waals surface area (Å²) in [5.41, 5.74) is 2.04. The third kappa shape index (κ3) is 3.46. The molecule has 0 aliphatic heterocycles. The fraction of sp³-hybridized carbons (Fsp3) is 0.500. The summed E-state index contributed by atoms with van der Waals surface area (Å²) in [6.45, 7) is 4.30. The highest BCUT2D eigenvalue weighted by molar-refractivity contribution is 7.17. The van der Waals surface area contributed by atoms with Crippen molar-refractivity contribution >= 4 is 28.2 Å². The number of nitrogens with one attached hydrogen (secondary N) is 1. The van der Waals surface area contributed by atoms with Crippen LogP contribution in [0.5, 0.6) is 0 Å². The molecule has 6 nitrogen and oxygen atoms in total. The fourth-order valence-electron chi connectivity index (χ4n) is 3.27. The lowest BCUT2D eigenvalue weighted by Crippen LogP contribution is -2.18. The van der Waals surface area contributed by atoms with Crippen LogP contribution >= 0.6 is 11.3 Å². The van der Waals surface area contributed by atoms with Crippen molar-refractivity contribution in [2.45, 2.75) is 39.5 Å². The van der Waals surface area contributed by atoms with Gasteiger partial charge in [-0.3, -0.25) is 9.48 Å². The van der Waals surface area contributed by atoms with Crippen molar-refractivity contribution in [1.29, 1.82) is 0 Å². The van der Waals surface area contributed by atoms with E-state index in [1.54, 1.807) is 26.2 Å². The SMILES string of the molecule is CCOC(=O)c1c(NC(=O)c2ccnn2C)sc2c1CCC(CC)C2. The predicted octanol–water partition coefficient (Wildman–Crippen LogP) is 3.43. The van der Waals surface area contributed by atoms with E-state index in [0.717, 1.165) is 31.2 Å². The quantitative estimate of drug-likeness (QED) is 0.828. The molecule has 7 heteroatoms. The lowest BCUT2D eigenvalue weighted by molar-refractivity contribution is 0.0526. The van der Waals surface area contributed by atoms with Crippen molar-refractivity contribution in [2.75, 3.05) is 11.9 Å². The summed E-state index contributed by atoms with van der Waals surface area (Å²) in [4.78, 5) is 26.2. The van der Waals surface area contributed by atoms with Crippen LogP contribution in [0.3, 0.4) is 0 Å². The lowest BCUT2D eigenvalue weighted by Gasteiger charge is -2.20. The molecule has 1 amide bonds. The molecule has 134 valence electrons. The molecule has 0 spiro atoms. The van der Waals surface area contributed by atoms with Crippen LogP contribution in [-0.2, 0) is 24.6 Å². The summed E-state index contributed by atoms with van der Waals surface area (Å²) in [5.74, 6) is 0.0215. The Bertz CT molecular complexity index is 794. The Balaban J connectivity index is 1.95. The van der Waals surface area contributed by atoms with Crippen molar-refractivity contribution in [3.05, 3.63) is 34.0 Å². The summed E-state index contributed by atoms with van der Waals surface area (Å²) in [5, 5.41) is 7.51. The summed E-state index contributed by atoms with van der Waals surface area (Å²) < 4.78 is 6.75. The molecule has 0 radical (unpaired) electrons. The van der Waals surface area contributed by atoms with Crippen LogP contribution in [0.15, 0.2) is 12.3 Å². The zero-order valence-electron chi connectivity index (χ0n) is 14.8. The maximum atomic E-state index is 12.5. The van der Waals surface area contributed by atoms with Gasteiger partial charge in [0.1, 0.15) is 10.7 Å². The van der Waals surface area contributed by atoms with Crippen LogP contribution in [0.4, 0.5) is 5.00 Å². The third-order valence-corrected chi connectivity index (χ3v) is 5.87. The first-order valence-corrected chi connectivity index (χ1v) is 9.47. The van der Waals surface area contributed by atoms with Crippen LogP contribution in [0, 0.1) is 5.92 Å². The molecule has 0 saturated carbocycles. The first kappa shape index (κ1) is 17.7. The first-order valence-electron chi connectivity index (χ1n) is 8.66. The summed E-state index contributed by atoms with van der Waals surface area (Å²) in [6, 6.07) is 1.65. The van der Waals surface area contributed by atoms with E-state index < -0.39 is 0 Å². The second kappa shape index (κ2) is 7.39. The van der Waals surface area contributed by atoms with Crippen molar-refractivity contribution in [1.82, 2.24) is 9.78 Å². The van der Waals surface area contributed by atoms with Gasteiger partial charge in [-0.05, 0) is 43.7 Å². The highest BCUT2D eigenvalue weighted by Crippen LogP contribution is 2.41. The van der Waals surface area contributed by atoms with Crippen LogP contribution in [-0.4, -0.2) is 28.3 Å². The smallest absolute Gasteiger partial charge is 0.341 e. The number of aryl methyl sites for hydroxylation is 1. The zero-order chi connectivity index (χ0) is 18.0. The Morgan fingerprint density at radius 2 is 2.24 bits per heavy atom. The molecule has 2 heterocycles. The van der Waals surface area contributed by atoms with Crippen LogP contribution in [0.2, 0.25) is 0 Å². The van der Waals surface area contributed by atoms with Crippen LogP contribution < -0.4 is 5.32 Å². The van der Waals surface area contributed by atoms with E-state index in [1.807, 2.05) is 0 Å². The number of amides is 1. The molecule has 0 fully saturated rings. The van der Waals surface area contributed by atoms with Gasteiger partial charge in [0.05, 0.1) is 12.2 Å². The average Bonchev–Trinajstić information content (AvgIpc) is 3.17. The Labute approximate surface area is 151 Å². The van der Waals surface area contributed by atoms with Gasteiger partial charge in [0.15, 0.2) is 0 Å². The van der Waals surface area contributed by atoms with E-state index in [9.17, 15) is 9.59 Å². The molecular formula is C18H23N3O3S. The van der Waals surface area contributed by atoms with Crippen molar-refractivity contribution in [3.8, 4) is 0 Å². The van der Waals surface area contributed by atoms with Gasteiger partial charge >= 0.3 is 5.97 Å². The van der Waals surface area contributed by atoms with Gasteiger partial charge < -0.3 is 10.1 Å². The molecule has 0 saturated heterocycles. The molecule has 0 bridgehead atoms. The Morgan fingerprint density at radius 1 is 1.44 bits per heavy atom. The van der Waals surface area contributed by atoms with Gasteiger partial charge in [-0.2, -0.15) is 5.10 Å². The topological polar surface area (TPSA) is 73.2 Å².